The number of amides is 1. The first-order valence-corrected chi connectivity index (χ1v) is 11.3. The van der Waals surface area contributed by atoms with Crippen molar-refractivity contribution in [3.05, 3.63) is 108 Å². The first kappa shape index (κ1) is 23.8. The molecule has 4 rings (SSSR count). The Morgan fingerprint density at radius 1 is 1.09 bits per heavy atom. The Morgan fingerprint density at radius 2 is 1.89 bits per heavy atom. The van der Waals surface area contributed by atoms with Crippen molar-refractivity contribution in [2.75, 3.05) is 13.2 Å². The van der Waals surface area contributed by atoms with Crippen LogP contribution in [0.5, 0.6) is 11.5 Å². The zero-order valence-corrected chi connectivity index (χ0v) is 19.4. The molecule has 0 radical (unpaired) electrons. The Hall–Kier alpha value is -4.39. The lowest BCUT2D eigenvalue weighted by Gasteiger charge is -2.27. The van der Waals surface area contributed by atoms with Gasteiger partial charge in [-0.05, 0) is 48.4 Å². The summed E-state index contributed by atoms with van der Waals surface area (Å²) in [5.41, 5.74) is 1.64. The maximum Gasteiger partial charge on any atom is 0.295 e. The van der Waals surface area contributed by atoms with Crippen LogP contribution >= 0.6 is 0 Å². The van der Waals surface area contributed by atoms with E-state index in [9.17, 15) is 14.7 Å². The van der Waals surface area contributed by atoms with Gasteiger partial charge in [0.05, 0.1) is 19.2 Å². The Balaban J connectivity index is 1.81. The molecule has 7 nitrogen and oxygen atoms in total. The Morgan fingerprint density at radius 3 is 2.57 bits per heavy atom. The number of benzene rings is 2. The molecule has 1 amide bonds. The van der Waals surface area contributed by atoms with Crippen molar-refractivity contribution in [3.63, 3.8) is 0 Å². The summed E-state index contributed by atoms with van der Waals surface area (Å²) in [6, 6.07) is 16.4. The molecule has 1 aromatic heterocycles. The highest BCUT2D eigenvalue weighted by Gasteiger charge is 2.44. The van der Waals surface area contributed by atoms with E-state index in [4.69, 9.17) is 9.47 Å². The van der Waals surface area contributed by atoms with Crippen molar-refractivity contribution in [3.8, 4) is 11.5 Å². The second-order valence-corrected chi connectivity index (χ2v) is 7.95. The monoisotopic (exact) mass is 470 g/mol. The number of nitrogens with one attached hydrogen (secondary N) is 1. The van der Waals surface area contributed by atoms with Gasteiger partial charge in [-0.2, -0.15) is 0 Å². The van der Waals surface area contributed by atoms with Crippen LogP contribution in [0.1, 0.15) is 29.7 Å². The first-order valence-electron chi connectivity index (χ1n) is 11.3. The van der Waals surface area contributed by atoms with Gasteiger partial charge in [0.1, 0.15) is 18.1 Å². The Labute approximate surface area is 203 Å². The lowest BCUT2D eigenvalue weighted by Crippen LogP contribution is -2.29. The average Bonchev–Trinajstić information content (AvgIpc) is 3.13. The number of H-pyrrole nitrogens is 1. The summed E-state index contributed by atoms with van der Waals surface area (Å²) >= 11 is 0. The van der Waals surface area contributed by atoms with Crippen molar-refractivity contribution in [2.45, 2.75) is 19.5 Å². The molecule has 1 saturated heterocycles. The van der Waals surface area contributed by atoms with E-state index < -0.39 is 23.5 Å². The number of Topliss-reactive ketones (excluding diaryl/α,β-unsaturated/α-hetero) is 1. The van der Waals surface area contributed by atoms with Crippen LogP contribution in [0.25, 0.3) is 5.76 Å². The van der Waals surface area contributed by atoms with Gasteiger partial charge in [0.25, 0.3) is 5.91 Å². The fourth-order valence-corrected chi connectivity index (χ4v) is 4.06. The number of hydrogen-bond acceptors (Lipinski definition) is 5. The van der Waals surface area contributed by atoms with Gasteiger partial charge in [0.15, 0.2) is 12.4 Å². The average molecular weight is 471 g/mol. The molecule has 2 aromatic carbocycles. The Bertz CT molecular complexity index is 1250. The summed E-state index contributed by atoms with van der Waals surface area (Å²) in [6.45, 7) is 6.48. The number of ether oxygens (including phenoxy) is 2. The maximum atomic E-state index is 13.6. The minimum atomic E-state index is -0.860. The number of carbonyl (C=O) groups is 2. The van der Waals surface area contributed by atoms with Gasteiger partial charge in [-0.1, -0.05) is 42.7 Å². The van der Waals surface area contributed by atoms with Crippen molar-refractivity contribution < 1.29 is 29.2 Å². The number of rotatable bonds is 9. The van der Waals surface area contributed by atoms with Crippen LogP contribution in [-0.4, -0.2) is 29.8 Å². The minimum Gasteiger partial charge on any atom is -0.872 e. The molecule has 178 valence electrons. The number of nitrogens with zero attached hydrogens (tertiary/aromatic N) is 1. The molecule has 1 unspecified atom stereocenters. The van der Waals surface area contributed by atoms with Crippen molar-refractivity contribution in [1.29, 1.82) is 0 Å². The number of aromatic nitrogens is 1. The van der Waals surface area contributed by atoms with E-state index in [1.807, 2.05) is 19.1 Å². The molecule has 0 saturated carbocycles. The molecule has 1 atom stereocenters. The molecule has 3 aromatic rings. The number of hydrogen-bond donors (Lipinski definition) is 0. The number of ketones is 1. The lowest BCUT2D eigenvalue weighted by molar-refractivity contribution is -0.378. The quantitative estimate of drug-likeness (QED) is 0.208. The normalized spacial score (nSPS) is 16.8. The molecular formula is C28H26N2O5. The van der Waals surface area contributed by atoms with Gasteiger partial charge in [-0.3, -0.25) is 9.59 Å². The van der Waals surface area contributed by atoms with Gasteiger partial charge < -0.3 is 19.5 Å². The molecule has 0 spiro atoms. The van der Waals surface area contributed by atoms with E-state index >= 15 is 0 Å². The number of aromatic amines is 1. The second-order valence-electron chi connectivity index (χ2n) is 7.95. The van der Waals surface area contributed by atoms with Crippen LogP contribution in [0.15, 0.2) is 91.3 Å². The van der Waals surface area contributed by atoms with Crippen LogP contribution in [0, 0.1) is 0 Å². The van der Waals surface area contributed by atoms with Crippen molar-refractivity contribution in [1.82, 2.24) is 4.90 Å². The van der Waals surface area contributed by atoms with E-state index in [2.05, 4.69) is 11.6 Å². The summed E-state index contributed by atoms with van der Waals surface area (Å²) < 4.78 is 11.1. The van der Waals surface area contributed by atoms with E-state index in [0.717, 1.165) is 5.56 Å². The summed E-state index contributed by atoms with van der Waals surface area (Å²) in [7, 11) is 0. The molecule has 1 aliphatic heterocycles. The third-order valence-corrected chi connectivity index (χ3v) is 5.62. The van der Waals surface area contributed by atoms with E-state index in [0.29, 0.717) is 35.8 Å². The second kappa shape index (κ2) is 10.7. The largest absolute Gasteiger partial charge is 0.872 e. The molecule has 2 heterocycles. The van der Waals surface area contributed by atoms with Gasteiger partial charge in [0, 0.05) is 17.2 Å². The first-order chi connectivity index (χ1) is 17.0. The number of likely N-dealkylation sites (tertiary alicyclic amines) is 1. The fourth-order valence-electron chi connectivity index (χ4n) is 4.06. The number of carbonyl (C=O) groups excluding carboxylic acids is 2. The molecule has 35 heavy (non-hydrogen) atoms. The summed E-state index contributed by atoms with van der Waals surface area (Å²) in [5, 5.41) is 13.6. The Kier molecular flexibility index (Phi) is 7.26. The van der Waals surface area contributed by atoms with Crippen molar-refractivity contribution >= 4 is 17.4 Å². The molecule has 1 aliphatic rings. The standard InChI is InChI=1S/C28H26N2O5/c1-3-15-35-23-9-5-8-21(16-23)25-24(26(31)20-10-12-22(13-11-20)34-4-2)27(32)28(33)30(25)18-19-7-6-14-29-17-19/h3,5-14,16-17,25,31H,1,4,15,18H2,2H3/b26-24+. The molecule has 1 N–H and O–H groups in total. The third-order valence-electron chi connectivity index (χ3n) is 5.62. The van der Waals surface area contributed by atoms with Gasteiger partial charge in [-0.25, -0.2) is 4.98 Å². The van der Waals surface area contributed by atoms with E-state index in [1.54, 1.807) is 67.0 Å². The zero-order valence-electron chi connectivity index (χ0n) is 19.4. The van der Waals surface area contributed by atoms with E-state index in [1.165, 1.54) is 4.90 Å². The highest BCUT2D eigenvalue weighted by Crippen LogP contribution is 2.40. The summed E-state index contributed by atoms with van der Waals surface area (Å²) in [6.07, 6.45) is 5.14. The molecule has 0 bridgehead atoms. The highest BCUT2D eigenvalue weighted by molar-refractivity contribution is 6.46. The predicted octanol–water partition coefficient (Wildman–Crippen LogP) is 2.89. The zero-order chi connectivity index (χ0) is 24.8. The third kappa shape index (κ3) is 5.09. The summed E-state index contributed by atoms with van der Waals surface area (Å²) in [5.74, 6) is -0.837. The predicted molar refractivity (Wildman–Crippen MR) is 128 cm³/mol. The topological polar surface area (TPSA) is 93.0 Å². The van der Waals surface area contributed by atoms with Crippen LogP contribution in [0.4, 0.5) is 0 Å². The highest BCUT2D eigenvalue weighted by atomic mass is 16.5. The maximum absolute atomic E-state index is 13.6. The van der Waals surface area contributed by atoms with Crippen LogP contribution in [-0.2, 0) is 16.1 Å². The SMILES string of the molecule is C=CCOc1cccc(C2/C(=C(\[O-])c3ccc(OCC)cc3)C(=O)C(=O)N2Cc2ccc[nH+]c2)c1. The van der Waals surface area contributed by atoms with Gasteiger partial charge in [-0.15, -0.1) is 0 Å². The minimum absolute atomic E-state index is 0.0834. The van der Waals surface area contributed by atoms with Crippen molar-refractivity contribution in [2.24, 2.45) is 0 Å². The number of pyridine rings is 1. The molecular weight excluding hydrogens is 444 g/mol. The molecule has 1 fully saturated rings. The molecule has 0 aliphatic carbocycles. The molecule has 7 heteroatoms. The lowest BCUT2D eigenvalue weighted by atomic mass is 9.95. The summed E-state index contributed by atoms with van der Waals surface area (Å²) in [4.78, 5) is 30.8. The van der Waals surface area contributed by atoms with Gasteiger partial charge in [0.2, 0.25) is 5.78 Å². The van der Waals surface area contributed by atoms with Crippen LogP contribution < -0.4 is 19.6 Å². The fraction of sp³-hybridized carbons (Fsp3) is 0.179. The van der Waals surface area contributed by atoms with Gasteiger partial charge >= 0.3 is 0 Å². The van der Waals surface area contributed by atoms with Crippen LogP contribution in [0.2, 0.25) is 0 Å². The van der Waals surface area contributed by atoms with E-state index in [-0.39, 0.29) is 12.1 Å². The van der Waals surface area contributed by atoms with Crippen LogP contribution in [0.3, 0.4) is 0 Å². The smallest absolute Gasteiger partial charge is 0.295 e.